The molecule has 0 aliphatic carbocycles. The molecule has 0 unspecified atom stereocenters. The summed E-state index contributed by atoms with van der Waals surface area (Å²) in [5.41, 5.74) is 1.97. The fraction of sp³-hybridized carbons (Fsp3) is 0.474. The van der Waals surface area contributed by atoms with E-state index in [1.54, 1.807) is 0 Å². The first-order chi connectivity index (χ1) is 11.6. The molecule has 1 fully saturated rings. The van der Waals surface area contributed by atoms with Crippen molar-refractivity contribution < 1.29 is 4.74 Å². The van der Waals surface area contributed by atoms with Gasteiger partial charge in [0.2, 0.25) is 5.95 Å². The maximum atomic E-state index is 5.68. The van der Waals surface area contributed by atoms with Gasteiger partial charge in [0.15, 0.2) is 0 Å². The Balaban J connectivity index is 1.73. The monoisotopic (exact) mass is 326 g/mol. The first-order valence-corrected chi connectivity index (χ1v) is 8.74. The number of benzene rings is 1. The summed E-state index contributed by atoms with van der Waals surface area (Å²) >= 11 is 0. The van der Waals surface area contributed by atoms with E-state index in [1.165, 1.54) is 19.3 Å². The molecule has 2 aromatic rings. The third kappa shape index (κ3) is 4.37. The summed E-state index contributed by atoms with van der Waals surface area (Å²) in [5.74, 6) is 2.54. The van der Waals surface area contributed by atoms with Crippen molar-refractivity contribution in [3.8, 4) is 5.75 Å². The molecule has 1 saturated heterocycles. The number of aromatic nitrogens is 2. The van der Waals surface area contributed by atoms with Crippen molar-refractivity contribution in [2.45, 2.75) is 46.1 Å². The van der Waals surface area contributed by atoms with Gasteiger partial charge in [-0.1, -0.05) is 0 Å². The van der Waals surface area contributed by atoms with Crippen LogP contribution in [-0.2, 0) is 0 Å². The molecule has 0 amide bonds. The fourth-order valence-corrected chi connectivity index (χ4v) is 2.89. The fourth-order valence-electron chi connectivity index (χ4n) is 2.89. The van der Waals surface area contributed by atoms with Crippen molar-refractivity contribution in [1.29, 1.82) is 0 Å². The molecule has 0 spiro atoms. The third-order valence-corrected chi connectivity index (χ3v) is 3.98. The molecule has 0 bridgehead atoms. The highest BCUT2D eigenvalue weighted by molar-refractivity contribution is 5.58. The van der Waals surface area contributed by atoms with E-state index in [1.807, 2.05) is 51.1 Å². The van der Waals surface area contributed by atoms with Crippen molar-refractivity contribution in [3.63, 3.8) is 0 Å². The van der Waals surface area contributed by atoms with Crippen molar-refractivity contribution in [1.82, 2.24) is 9.97 Å². The molecule has 5 nitrogen and oxygen atoms in total. The van der Waals surface area contributed by atoms with E-state index < -0.39 is 0 Å². The van der Waals surface area contributed by atoms with Gasteiger partial charge in [-0.25, -0.2) is 4.98 Å². The average Bonchev–Trinajstić information content (AvgIpc) is 2.56. The summed E-state index contributed by atoms with van der Waals surface area (Å²) < 4.78 is 5.68. The van der Waals surface area contributed by atoms with Crippen LogP contribution in [0.25, 0.3) is 0 Å². The molecule has 2 heterocycles. The second-order valence-electron chi connectivity index (χ2n) is 6.56. The Hall–Kier alpha value is -2.30. The number of ether oxygens (including phenoxy) is 1. The highest BCUT2D eigenvalue weighted by Gasteiger charge is 2.14. The summed E-state index contributed by atoms with van der Waals surface area (Å²) in [6.45, 7) is 8.16. The van der Waals surface area contributed by atoms with E-state index in [9.17, 15) is 0 Å². The number of rotatable bonds is 5. The van der Waals surface area contributed by atoms with Crippen LogP contribution < -0.4 is 15.0 Å². The highest BCUT2D eigenvalue weighted by atomic mass is 16.5. The molecule has 1 aromatic carbocycles. The zero-order valence-corrected chi connectivity index (χ0v) is 14.7. The minimum absolute atomic E-state index is 0.181. The number of hydrogen-bond donors (Lipinski definition) is 1. The molecule has 1 N–H and O–H groups in total. The van der Waals surface area contributed by atoms with Gasteiger partial charge in [-0.2, -0.15) is 4.98 Å². The van der Waals surface area contributed by atoms with Gasteiger partial charge in [-0.3, -0.25) is 0 Å². The minimum Gasteiger partial charge on any atom is -0.491 e. The largest absolute Gasteiger partial charge is 0.491 e. The Kier molecular flexibility index (Phi) is 5.18. The van der Waals surface area contributed by atoms with Crippen molar-refractivity contribution in [2.75, 3.05) is 23.3 Å². The van der Waals surface area contributed by atoms with Gasteiger partial charge < -0.3 is 15.0 Å². The summed E-state index contributed by atoms with van der Waals surface area (Å²) in [6.07, 6.45) is 3.92. The van der Waals surface area contributed by atoms with Crippen LogP contribution in [0.3, 0.4) is 0 Å². The predicted octanol–water partition coefficient (Wildman–Crippen LogP) is 4.31. The van der Waals surface area contributed by atoms with Gasteiger partial charge in [0.05, 0.1) is 6.10 Å². The maximum Gasteiger partial charge on any atom is 0.227 e. The maximum absolute atomic E-state index is 5.68. The summed E-state index contributed by atoms with van der Waals surface area (Å²) in [5, 5.41) is 3.37. The van der Waals surface area contributed by atoms with E-state index in [-0.39, 0.29) is 6.10 Å². The minimum atomic E-state index is 0.181. The van der Waals surface area contributed by atoms with Crippen molar-refractivity contribution in [2.24, 2.45) is 0 Å². The lowest BCUT2D eigenvalue weighted by atomic mass is 10.1. The van der Waals surface area contributed by atoms with Crippen LogP contribution in [0.2, 0.25) is 0 Å². The van der Waals surface area contributed by atoms with Gasteiger partial charge in [-0.05, 0) is 64.3 Å². The van der Waals surface area contributed by atoms with E-state index in [4.69, 9.17) is 9.72 Å². The predicted molar refractivity (Wildman–Crippen MR) is 98.3 cm³/mol. The van der Waals surface area contributed by atoms with Crippen LogP contribution in [-0.4, -0.2) is 29.2 Å². The lowest BCUT2D eigenvalue weighted by Crippen LogP contribution is -2.31. The molecule has 24 heavy (non-hydrogen) atoms. The molecule has 0 saturated carbocycles. The van der Waals surface area contributed by atoms with E-state index in [2.05, 4.69) is 15.2 Å². The van der Waals surface area contributed by atoms with Crippen molar-refractivity contribution >= 4 is 17.5 Å². The Bertz CT molecular complexity index is 664. The summed E-state index contributed by atoms with van der Waals surface area (Å²) in [6, 6.07) is 9.95. The summed E-state index contributed by atoms with van der Waals surface area (Å²) in [4.78, 5) is 11.6. The molecule has 0 atom stereocenters. The molecule has 1 aliphatic rings. The van der Waals surface area contributed by atoms with Crippen LogP contribution in [0.1, 0.15) is 38.8 Å². The number of nitrogens with one attached hydrogen (secondary N) is 1. The number of anilines is 3. The van der Waals surface area contributed by atoms with E-state index >= 15 is 0 Å². The molecule has 3 rings (SSSR count). The third-order valence-electron chi connectivity index (χ3n) is 3.98. The van der Waals surface area contributed by atoms with Gasteiger partial charge in [0.1, 0.15) is 11.6 Å². The Labute approximate surface area is 144 Å². The molecule has 128 valence electrons. The van der Waals surface area contributed by atoms with Gasteiger partial charge in [0, 0.05) is 30.5 Å². The number of nitrogens with zero attached hydrogens (tertiary/aromatic N) is 3. The van der Waals surface area contributed by atoms with Crippen LogP contribution in [0.15, 0.2) is 30.3 Å². The van der Waals surface area contributed by atoms with Gasteiger partial charge >= 0.3 is 0 Å². The normalized spacial score (nSPS) is 14.8. The smallest absolute Gasteiger partial charge is 0.227 e. The van der Waals surface area contributed by atoms with Crippen LogP contribution in [0.4, 0.5) is 17.5 Å². The molecule has 5 heteroatoms. The SMILES string of the molecule is Cc1cc(Nc2ccc(OC(C)C)cc2)nc(N2CCCCC2)n1. The lowest BCUT2D eigenvalue weighted by Gasteiger charge is -2.27. The van der Waals surface area contributed by atoms with E-state index in [0.29, 0.717) is 0 Å². The first-order valence-electron chi connectivity index (χ1n) is 8.74. The zero-order chi connectivity index (χ0) is 16.9. The Morgan fingerprint density at radius 3 is 2.42 bits per heavy atom. The lowest BCUT2D eigenvalue weighted by molar-refractivity contribution is 0.242. The van der Waals surface area contributed by atoms with Crippen LogP contribution in [0, 0.1) is 6.92 Å². The summed E-state index contributed by atoms with van der Waals surface area (Å²) in [7, 11) is 0. The molecule has 1 aliphatic heterocycles. The number of piperidine rings is 1. The zero-order valence-electron chi connectivity index (χ0n) is 14.7. The second-order valence-corrected chi connectivity index (χ2v) is 6.56. The van der Waals surface area contributed by atoms with Crippen molar-refractivity contribution in [3.05, 3.63) is 36.0 Å². The quantitative estimate of drug-likeness (QED) is 0.887. The number of aryl methyl sites for hydroxylation is 1. The molecular formula is C19H26N4O. The Morgan fingerprint density at radius 1 is 1.04 bits per heavy atom. The Morgan fingerprint density at radius 2 is 1.75 bits per heavy atom. The molecular weight excluding hydrogens is 300 g/mol. The number of hydrogen-bond acceptors (Lipinski definition) is 5. The highest BCUT2D eigenvalue weighted by Crippen LogP contribution is 2.23. The second kappa shape index (κ2) is 7.51. The van der Waals surface area contributed by atoms with Gasteiger partial charge in [0.25, 0.3) is 0 Å². The van der Waals surface area contributed by atoms with Crippen LogP contribution in [0.5, 0.6) is 5.75 Å². The molecule has 1 aromatic heterocycles. The van der Waals surface area contributed by atoms with E-state index in [0.717, 1.165) is 42.0 Å². The molecule has 0 radical (unpaired) electrons. The van der Waals surface area contributed by atoms with Crippen LogP contribution >= 0.6 is 0 Å². The average molecular weight is 326 g/mol. The first kappa shape index (κ1) is 16.6. The topological polar surface area (TPSA) is 50.3 Å². The van der Waals surface area contributed by atoms with Gasteiger partial charge in [-0.15, -0.1) is 0 Å². The standard InChI is InChI=1S/C19H26N4O/c1-14(2)24-17-9-7-16(8-10-17)21-18-13-15(3)20-19(22-18)23-11-5-4-6-12-23/h7-10,13-14H,4-6,11-12H2,1-3H3,(H,20,21,22).